The number of fused-ring (bicyclic) bond motifs is 2. The predicted octanol–water partition coefficient (Wildman–Crippen LogP) is 1.52. The van der Waals surface area contributed by atoms with Crippen molar-refractivity contribution in [3.63, 3.8) is 0 Å². The van der Waals surface area contributed by atoms with Gasteiger partial charge in [-0.3, -0.25) is 9.48 Å². The van der Waals surface area contributed by atoms with Gasteiger partial charge in [0.25, 0.3) is 0 Å². The van der Waals surface area contributed by atoms with Crippen molar-refractivity contribution in [1.82, 2.24) is 14.7 Å². The van der Waals surface area contributed by atoms with Gasteiger partial charge in [0.05, 0.1) is 31.1 Å². The molecule has 0 bridgehead atoms. The second-order valence-corrected chi connectivity index (χ2v) is 6.57. The molecule has 0 fully saturated rings. The summed E-state index contributed by atoms with van der Waals surface area (Å²) in [6.07, 6.45) is 2.65. The average Bonchev–Trinajstić information content (AvgIpc) is 3.16. The average molecular weight is 311 g/mol. The van der Waals surface area contributed by atoms with Crippen LogP contribution in [0.3, 0.4) is 0 Å². The van der Waals surface area contributed by atoms with Crippen molar-refractivity contribution < 1.29 is 9.90 Å². The fraction of sp³-hybridized carbons (Fsp3) is 0.444. The van der Waals surface area contributed by atoms with Crippen LogP contribution in [0, 0.1) is 5.92 Å². The summed E-state index contributed by atoms with van der Waals surface area (Å²) >= 11 is 0. The molecule has 5 heteroatoms. The molecule has 0 radical (unpaired) electrons. The molecule has 23 heavy (non-hydrogen) atoms. The number of aliphatic hydroxyl groups excluding tert-OH is 1. The normalized spacial score (nSPS) is 17.2. The molecule has 0 saturated carbocycles. The van der Waals surface area contributed by atoms with E-state index in [0.29, 0.717) is 37.7 Å². The summed E-state index contributed by atoms with van der Waals surface area (Å²) < 4.78 is 1.90. The summed E-state index contributed by atoms with van der Waals surface area (Å²) in [4.78, 5) is 14.6. The lowest BCUT2D eigenvalue weighted by atomic mass is 10.0. The summed E-state index contributed by atoms with van der Waals surface area (Å²) in [6, 6.07) is 10.4. The van der Waals surface area contributed by atoms with E-state index in [4.69, 9.17) is 0 Å². The number of hydrogen-bond donors (Lipinski definition) is 1. The second kappa shape index (κ2) is 5.81. The maximum atomic E-state index is 12.6. The minimum Gasteiger partial charge on any atom is -0.390 e. The van der Waals surface area contributed by atoms with Gasteiger partial charge in [0.2, 0.25) is 5.91 Å². The van der Waals surface area contributed by atoms with Crippen molar-refractivity contribution in [2.75, 3.05) is 6.54 Å². The zero-order chi connectivity index (χ0) is 15.8. The van der Waals surface area contributed by atoms with Crippen molar-refractivity contribution in [2.45, 2.75) is 39.0 Å². The third-order valence-electron chi connectivity index (χ3n) is 4.96. The van der Waals surface area contributed by atoms with Crippen LogP contribution < -0.4 is 0 Å². The maximum Gasteiger partial charge on any atom is 0.223 e. The van der Waals surface area contributed by atoms with Crippen molar-refractivity contribution in [2.24, 2.45) is 5.92 Å². The van der Waals surface area contributed by atoms with Crippen molar-refractivity contribution in [3.8, 4) is 0 Å². The van der Waals surface area contributed by atoms with Crippen LogP contribution in [0.4, 0.5) is 0 Å². The molecule has 0 atom stereocenters. The first-order chi connectivity index (χ1) is 11.2. The Morgan fingerprint density at radius 1 is 1.22 bits per heavy atom. The molecule has 2 heterocycles. The lowest BCUT2D eigenvalue weighted by molar-refractivity contribution is -0.133. The quantitative estimate of drug-likeness (QED) is 0.935. The summed E-state index contributed by atoms with van der Waals surface area (Å²) in [6.45, 7) is 1.98. The van der Waals surface area contributed by atoms with E-state index in [-0.39, 0.29) is 12.5 Å². The molecule has 1 aromatic heterocycles. The molecule has 1 amide bonds. The van der Waals surface area contributed by atoms with Crippen LogP contribution in [0.5, 0.6) is 0 Å². The number of aliphatic hydroxyl groups is 1. The van der Waals surface area contributed by atoms with Gasteiger partial charge in [-0.1, -0.05) is 24.3 Å². The smallest absolute Gasteiger partial charge is 0.223 e. The Kier molecular flexibility index (Phi) is 3.65. The highest BCUT2D eigenvalue weighted by Crippen LogP contribution is 2.29. The lowest BCUT2D eigenvalue weighted by Gasteiger charge is -2.28. The minimum atomic E-state index is -0.0473. The molecule has 120 valence electrons. The van der Waals surface area contributed by atoms with Gasteiger partial charge in [0, 0.05) is 13.0 Å². The van der Waals surface area contributed by atoms with Crippen LogP contribution in [0.1, 0.15) is 28.9 Å². The summed E-state index contributed by atoms with van der Waals surface area (Å²) in [5.41, 5.74) is 4.49. The SMILES string of the molecule is O=C(CC1Cc2ccccc2C1)N1CCn2nc(CO)cc2C1. The van der Waals surface area contributed by atoms with E-state index in [1.807, 2.05) is 15.6 Å². The van der Waals surface area contributed by atoms with Crippen LogP contribution in [0.2, 0.25) is 0 Å². The number of carbonyl (C=O) groups excluding carboxylic acids is 1. The van der Waals surface area contributed by atoms with Gasteiger partial charge in [-0.15, -0.1) is 0 Å². The van der Waals surface area contributed by atoms with Crippen LogP contribution in [0.25, 0.3) is 0 Å². The molecule has 0 saturated heterocycles. The topological polar surface area (TPSA) is 58.4 Å². The fourth-order valence-electron chi connectivity index (χ4n) is 3.79. The third-order valence-corrected chi connectivity index (χ3v) is 4.96. The van der Waals surface area contributed by atoms with E-state index in [1.54, 1.807) is 0 Å². The van der Waals surface area contributed by atoms with Gasteiger partial charge in [0.15, 0.2) is 0 Å². The Balaban J connectivity index is 1.39. The zero-order valence-electron chi connectivity index (χ0n) is 13.1. The predicted molar refractivity (Wildman–Crippen MR) is 85.5 cm³/mol. The summed E-state index contributed by atoms with van der Waals surface area (Å²) in [5, 5.41) is 13.5. The molecule has 4 rings (SSSR count). The first kappa shape index (κ1) is 14.5. The van der Waals surface area contributed by atoms with Crippen molar-refractivity contribution >= 4 is 5.91 Å². The Morgan fingerprint density at radius 2 is 1.96 bits per heavy atom. The van der Waals surface area contributed by atoms with E-state index in [1.165, 1.54) is 11.1 Å². The molecule has 1 N–H and O–H groups in total. The Hall–Kier alpha value is -2.14. The standard InChI is InChI=1S/C18H21N3O2/c22-12-16-10-17-11-20(5-6-21(17)19-16)18(23)9-13-7-14-3-1-2-4-15(14)8-13/h1-4,10,13,22H,5-9,11-12H2. The van der Waals surface area contributed by atoms with Gasteiger partial charge >= 0.3 is 0 Å². The third kappa shape index (κ3) is 2.77. The van der Waals surface area contributed by atoms with Gasteiger partial charge < -0.3 is 10.0 Å². The van der Waals surface area contributed by atoms with E-state index < -0.39 is 0 Å². The van der Waals surface area contributed by atoms with E-state index in [9.17, 15) is 9.90 Å². The number of amides is 1. The van der Waals surface area contributed by atoms with Crippen LogP contribution in [-0.2, 0) is 37.3 Å². The number of benzene rings is 1. The molecule has 2 aromatic rings. The molecule has 0 unspecified atom stereocenters. The fourth-order valence-corrected chi connectivity index (χ4v) is 3.79. The maximum absolute atomic E-state index is 12.6. The minimum absolute atomic E-state index is 0.0473. The van der Waals surface area contributed by atoms with Crippen molar-refractivity contribution in [3.05, 3.63) is 52.8 Å². The monoisotopic (exact) mass is 311 g/mol. The molecular formula is C18H21N3O2. The first-order valence-electron chi connectivity index (χ1n) is 8.24. The Bertz CT molecular complexity index is 713. The highest BCUT2D eigenvalue weighted by molar-refractivity contribution is 5.76. The Labute approximate surface area is 135 Å². The Morgan fingerprint density at radius 3 is 2.65 bits per heavy atom. The van der Waals surface area contributed by atoms with Gasteiger partial charge in [0.1, 0.15) is 0 Å². The molecular weight excluding hydrogens is 290 g/mol. The van der Waals surface area contributed by atoms with Gasteiger partial charge in [-0.25, -0.2) is 0 Å². The van der Waals surface area contributed by atoms with Crippen LogP contribution >= 0.6 is 0 Å². The van der Waals surface area contributed by atoms with Crippen LogP contribution in [-0.4, -0.2) is 32.2 Å². The van der Waals surface area contributed by atoms with Crippen molar-refractivity contribution in [1.29, 1.82) is 0 Å². The summed E-state index contributed by atoms with van der Waals surface area (Å²) in [7, 11) is 0. The van der Waals surface area contributed by atoms with Crippen LogP contribution in [0.15, 0.2) is 30.3 Å². The first-order valence-corrected chi connectivity index (χ1v) is 8.24. The molecule has 1 aliphatic heterocycles. The molecule has 1 aromatic carbocycles. The molecule has 2 aliphatic rings. The van der Waals surface area contributed by atoms with Gasteiger partial charge in [-0.2, -0.15) is 5.10 Å². The molecule has 1 aliphatic carbocycles. The van der Waals surface area contributed by atoms with Gasteiger partial charge in [-0.05, 0) is 36.0 Å². The summed E-state index contributed by atoms with van der Waals surface area (Å²) in [5.74, 6) is 0.667. The zero-order valence-corrected chi connectivity index (χ0v) is 13.1. The lowest BCUT2D eigenvalue weighted by Crippen LogP contribution is -2.39. The second-order valence-electron chi connectivity index (χ2n) is 6.57. The van der Waals surface area contributed by atoms with E-state index >= 15 is 0 Å². The molecule has 5 nitrogen and oxygen atoms in total. The number of aromatic nitrogens is 2. The number of nitrogens with zero attached hydrogens (tertiary/aromatic N) is 3. The molecule has 0 spiro atoms. The highest BCUT2D eigenvalue weighted by Gasteiger charge is 2.27. The number of rotatable bonds is 3. The van der Waals surface area contributed by atoms with E-state index in [2.05, 4.69) is 29.4 Å². The number of hydrogen-bond acceptors (Lipinski definition) is 3. The van der Waals surface area contributed by atoms with E-state index in [0.717, 1.165) is 18.5 Å². The number of carbonyl (C=O) groups is 1. The highest BCUT2D eigenvalue weighted by atomic mass is 16.3. The largest absolute Gasteiger partial charge is 0.390 e.